The molecule has 132 valence electrons. The van der Waals surface area contributed by atoms with Crippen molar-refractivity contribution in [1.82, 2.24) is 10.6 Å². The molecule has 1 aliphatic rings. The molecule has 0 heterocycles. The van der Waals surface area contributed by atoms with Gasteiger partial charge in [0.2, 0.25) is 0 Å². The van der Waals surface area contributed by atoms with Gasteiger partial charge in [-0.05, 0) is 44.3 Å². The first kappa shape index (κ1) is 19.5. The summed E-state index contributed by atoms with van der Waals surface area (Å²) >= 11 is 0. The molecule has 6 heteroatoms. The number of likely N-dealkylation sites (N-methyl/N-ethyl adjacent to an activating group) is 1. The minimum atomic E-state index is -0.320. The minimum absolute atomic E-state index is 0.275. The van der Waals surface area contributed by atoms with Crippen LogP contribution in [0.1, 0.15) is 32.6 Å². The van der Waals surface area contributed by atoms with E-state index in [0.717, 1.165) is 50.1 Å². The van der Waals surface area contributed by atoms with Crippen molar-refractivity contribution in [2.75, 3.05) is 47.1 Å². The summed E-state index contributed by atoms with van der Waals surface area (Å²) in [6.45, 7) is 4.86. The molecule has 2 N–H and O–H groups in total. The normalized spacial score (nSPS) is 16.6. The van der Waals surface area contributed by atoms with Crippen LogP contribution in [-0.2, 0) is 19.0 Å². The van der Waals surface area contributed by atoms with Crippen LogP contribution in [0.2, 0.25) is 0 Å². The molecule has 0 aromatic carbocycles. The predicted molar refractivity (Wildman–Crippen MR) is 90.0 cm³/mol. The molecule has 1 aliphatic carbocycles. The standard InChI is InChI=1S/C17H30N2O4/c1-4-22-11-12-23-17(20)16(18-2)14-7-5-8-15(13-14)19-9-6-10-21-3/h13,18-19H,4-12H2,1-3H3/b16-14+. The van der Waals surface area contributed by atoms with Crippen molar-refractivity contribution in [3.63, 3.8) is 0 Å². The number of esters is 1. The van der Waals surface area contributed by atoms with E-state index >= 15 is 0 Å². The van der Waals surface area contributed by atoms with E-state index in [1.54, 1.807) is 14.2 Å². The molecule has 6 nitrogen and oxygen atoms in total. The molecule has 0 saturated carbocycles. The molecular formula is C17H30N2O4. The Kier molecular flexibility index (Phi) is 10.2. The van der Waals surface area contributed by atoms with Crippen molar-refractivity contribution in [3.8, 4) is 0 Å². The Hall–Kier alpha value is -1.53. The largest absolute Gasteiger partial charge is 0.459 e. The van der Waals surface area contributed by atoms with Gasteiger partial charge < -0.3 is 24.8 Å². The zero-order valence-electron chi connectivity index (χ0n) is 14.6. The average Bonchev–Trinajstić information content (AvgIpc) is 2.57. The summed E-state index contributed by atoms with van der Waals surface area (Å²) in [6, 6.07) is 0. The molecular weight excluding hydrogens is 296 g/mol. The molecule has 0 aliphatic heterocycles. The molecule has 0 fully saturated rings. The summed E-state index contributed by atoms with van der Waals surface area (Å²) in [6.07, 6.45) is 5.93. The smallest absolute Gasteiger partial charge is 0.354 e. The van der Waals surface area contributed by atoms with Crippen molar-refractivity contribution >= 4 is 5.97 Å². The third kappa shape index (κ3) is 7.52. The lowest BCUT2D eigenvalue weighted by molar-refractivity contribution is -0.141. The molecule has 0 aromatic rings. The lowest BCUT2D eigenvalue weighted by Crippen LogP contribution is -2.24. The van der Waals surface area contributed by atoms with Gasteiger partial charge in [0.1, 0.15) is 12.3 Å². The molecule has 0 saturated heterocycles. The number of nitrogens with one attached hydrogen (secondary N) is 2. The number of rotatable bonds is 11. The number of hydrogen-bond donors (Lipinski definition) is 2. The van der Waals surface area contributed by atoms with Gasteiger partial charge in [-0.2, -0.15) is 0 Å². The van der Waals surface area contributed by atoms with Crippen LogP contribution in [0.3, 0.4) is 0 Å². The van der Waals surface area contributed by atoms with E-state index in [-0.39, 0.29) is 12.6 Å². The maximum Gasteiger partial charge on any atom is 0.354 e. The number of carbonyl (C=O) groups excluding carboxylic acids is 1. The Morgan fingerprint density at radius 2 is 2.09 bits per heavy atom. The van der Waals surface area contributed by atoms with Crippen molar-refractivity contribution in [1.29, 1.82) is 0 Å². The lowest BCUT2D eigenvalue weighted by atomic mass is 9.97. The second kappa shape index (κ2) is 12.0. The monoisotopic (exact) mass is 326 g/mol. The van der Waals surface area contributed by atoms with E-state index in [1.807, 2.05) is 6.92 Å². The van der Waals surface area contributed by atoms with Crippen LogP contribution in [0.15, 0.2) is 23.0 Å². The second-order valence-corrected chi connectivity index (χ2v) is 5.28. The highest BCUT2D eigenvalue weighted by Crippen LogP contribution is 2.23. The Balaban J connectivity index is 2.61. The van der Waals surface area contributed by atoms with Gasteiger partial charge in [0.25, 0.3) is 0 Å². The number of ether oxygens (including phenoxy) is 3. The zero-order chi connectivity index (χ0) is 16.9. The molecule has 0 aromatic heterocycles. The van der Waals surface area contributed by atoms with Gasteiger partial charge in [0.05, 0.1) is 6.61 Å². The van der Waals surface area contributed by atoms with Gasteiger partial charge in [0.15, 0.2) is 0 Å². The Morgan fingerprint density at radius 3 is 2.78 bits per heavy atom. The first-order valence-corrected chi connectivity index (χ1v) is 8.32. The Morgan fingerprint density at radius 1 is 1.26 bits per heavy atom. The summed E-state index contributed by atoms with van der Waals surface area (Å²) < 4.78 is 15.5. The molecule has 0 amide bonds. The summed E-state index contributed by atoms with van der Waals surface area (Å²) in [5.74, 6) is -0.320. The summed E-state index contributed by atoms with van der Waals surface area (Å²) in [5.41, 5.74) is 2.70. The van der Waals surface area contributed by atoms with E-state index in [4.69, 9.17) is 14.2 Å². The highest BCUT2D eigenvalue weighted by Gasteiger charge is 2.17. The summed E-state index contributed by atoms with van der Waals surface area (Å²) in [7, 11) is 3.46. The molecule has 1 rings (SSSR count). The van der Waals surface area contributed by atoms with Crippen molar-refractivity contribution in [2.45, 2.75) is 32.6 Å². The zero-order valence-corrected chi connectivity index (χ0v) is 14.6. The number of methoxy groups -OCH3 is 1. The van der Waals surface area contributed by atoms with Crippen molar-refractivity contribution in [2.24, 2.45) is 0 Å². The fourth-order valence-corrected chi connectivity index (χ4v) is 2.43. The molecule has 0 bridgehead atoms. The lowest BCUT2D eigenvalue weighted by Gasteiger charge is -2.19. The SMILES string of the molecule is CCOCCOC(=O)/C(NC)=C1\C=C(NCCCOC)CCC1. The van der Waals surface area contributed by atoms with Crippen LogP contribution < -0.4 is 10.6 Å². The number of carbonyl (C=O) groups is 1. The van der Waals surface area contributed by atoms with Gasteiger partial charge in [-0.25, -0.2) is 4.79 Å². The maximum absolute atomic E-state index is 12.2. The van der Waals surface area contributed by atoms with Crippen LogP contribution in [0, 0.1) is 0 Å². The minimum Gasteiger partial charge on any atom is -0.459 e. The van der Waals surface area contributed by atoms with Crippen LogP contribution in [0.5, 0.6) is 0 Å². The summed E-state index contributed by atoms with van der Waals surface area (Å²) in [5, 5.41) is 6.39. The predicted octanol–water partition coefficient (Wildman–Crippen LogP) is 1.73. The first-order chi connectivity index (χ1) is 11.2. The third-order valence-corrected chi connectivity index (χ3v) is 3.56. The molecule has 0 spiro atoms. The van der Waals surface area contributed by atoms with Gasteiger partial charge in [-0.3, -0.25) is 0 Å². The van der Waals surface area contributed by atoms with Crippen LogP contribution >= 0.6 is 0 Å². The number of hydrogen-bond acceptors (Lipinski definition) is 6. The first-order valence-electron chi connectivity index (χ1n) is 8.32. The average molecular weight is 326 g/mol. The van der Waals surface area contributed by atoms with E-state index in [1.165, 1.54) is 0 Å². The highest BCUT2D eigenvalue weighted by atomic mass is 16.6. The molecule has 23 heavy (non-hydrogen) atoms. The topological polar surface area (TPSA) is 68.8 Å². The van der Waals surface area contributed by atoms with Gasteiger partial charge >= 0.3 is 5.97 Å². The fraction of sp³-hybridized carbons (Fsp3) is 0.706. The van der Waals surface area contributed by atoms with Gasteiger partial charge in [-0.15, -0.1) is 0 Å². The maximum atomic E-state index is 12.2. The van der Waals surface area contributed by atoms with Crippen LogP contribution in [-0.4, -0.2) is 53.1 Å². The number of allylic oxidation sites excluding steroid dienone is 3. The van der Waals surface area contributed by atoms with Gasteiger partial charge in [0, 0.05) is 39.6 Å². The quantitative estimate of drug-likeness (QED) is 0.342. The highest BCUT2D eigenvalue weighted by molar-refractivity contribution is 5.89. The van der Waals surface area contributed by atoms with E-state index in [9.17, 15) is 4.79 Å². The molecule has 0 radical (unpaired) electrons. The Bertz CT molecular complexity index is 419. The van der Waals surface area contributed by atoms with Crippen LogP contribution in [0.4, 0.5) is 0 Å². The van der Waals surface area contributed by atoms with Gasteiger partial charge in [-0.1, -0.05) is 0 Å². The third-order valence-electron chi connectivity index (χ3n) is 3.56. The summed E-state index contributed by atoms with van der Waals surface area (Å²) in [4.78, 5) is 12.2. The van der Waals surface area contributed by atoms with Crippen molar-refractivity contribution < 1.29 is 19.0 Å². The molecule has 0 atom stereocenters. The Labute approximate surface area is 139 Å². The second-order valence-electron chi connectivity index (χ2n) is 5.28. The fourth-order valence-electron chi connectivity index (χ4n) is 2.43. The van der Waals surface area contributed by atoms with E-state index in [2.05, 4.69) is 16.7 Å². The van der Waals surface area contributed by atoms with Crippen molar-refractivity contribution in [3.05, 3.63) is 23.0 Å². The molecule has 0 unspecified atom stereocenters. The van der Waals surface area contributed by atoms with E-state index < -0.39 is 0 Å². The van der Waals surface area contributed by atoms with E-state index in [0.29, 0.717) is 18.9 Å². The van der Waals surface area contributed by atoms with Crippen LogP contribution in [0.25, 0.3) is 0 Å².